The lowest BCUT2D eigenvalue weighted by Crippen LogP contribution is -2.22. The van der Waals surface area contributed by atoms with E-state index >= 15 is 0 Å². The monoisotopic (exact) mass is 441 g/mol. The maximum atomic E-state index is 10.6. The van der Waals surface area contributed by atoms with Gasteiger partial charge in [-0.05, 0) is 58.4 Å². The molecule has 170 valence electrons. The smallest absolute Gasteiger partial charge is 0.144 e. The Morgan fingerprint density at radius 1 is 0.545 bits per heavy atom. The highest BCUT2D eigenvalue weighted by atomic mass is 16.3. The van der Waals surface area contributed by atoms with Crippen molar-refractivity contribution in [3.8, 4) is 11.5 Å². The number of fused-ring (bicyclic) bond motifs is 1. The van der Waals surface area contributed by atoms with Crippen LogP contribution >= 0.6 is 0 Å². The Morgan fingerprint density at radius 3 is 1.18 bits per heavy atom. The fourth-order valence-corrected chi connectivity index (χ4v) is 3.80. The fraction of sp³-hybridized carbons (Fsp3) is 0.286. The minimum absolute atomic E-state index is 0.0358. The van der Waals surface area contributed by atoms with E-state index in [1.807, 2.05) is 24.3 Å². The summed E-state index contributed by atoms with van der Waals surface area (Å²) in [5.74, 6) is 0.973. The molecule has 3 N–H and O–H groups in total. The lowest BCUT2D eigenvalue weighted by molar-refractivity contribution is 0.459. The Kier molecular flexibility index (Phi) is 5.52. The lowest BCUT2D eigenvalue weighted by Gasteiger charge is -2.18. The maximum Gasteiger partial charge on any atom is 0.144 e. The number of amidine groups is 2. The molecule has 0 aromatic heterocycles. The van der Waals surface area contributed by atoms with Crippen molar-refractivity contribution in [2.45, 2.75) is 52.4 Å². The van der Waals surface area contributed by atoms with Gasteiger partial charge in [-0.3, -0.25) is 0 Å². The number of aliphatic imine (C=N–C) groups is 2. The molecule has 1 aliphatic rings. The van der Waals surface area contributed by atoms with E-state index in [1.165, 1.54) is 23.3 Å². The first-order valence-corrected chi connectivity index (χ1v) is 11.1. The highest BCUT2D eigenvalue weighted by Gasteiger charge is 2.30. The SMILES string of the molecule is CC(C)(C)c1ccc(/N=C2\N/C(=N/c3ccc(C(C)(C)C)cc3)c3c(O)ccc(O)c32)cc1. The third kappa shape index (κ3) is 4.63. The molecule has 0 aliphatic carbocycles. The lowest BCUT2D eigenvalue weighted by atomic mass is 9.87. The van der Waals surface area contributed by atoms with Gasteiger partial charge in [-0.15, -0.1) is 0 Å². The van der Waals surface area contributed by atoms with Crippen LogP contribution in [-0.4, -0.2) is 21.9 Å². The summed E-state index contributed by atoms with van der Waals surface area (Å²) in [6, 6.07) is 19.0. The van der Waals surface area contributed by atoms with Gasteiger partial charge in [0.05, 0.1) is 22.5 Å². The summed E-state index contributed by atoms with van der Waals surface area (Å²) in [5, 5.41) is 24.4. The van der Waals surface area contributed by atoms with Crippen molar-refractivity contribution in [2.24, 2.45) is 9.98 Å². The molecule has 0 saturated heterocycles. The predicted molar refractivity (Wildman–Crippen MR) is 136 cm³/mol. The fourth-order valence-electron chi connectivity index (χ4n) is 3.80. The standard InChI is InChI=1S/C28H31N3O2/c1-27(2,3)17-7-11-19(12-8-17)29-25-23-21(32)15-16-22(33)24(23)26(31-25)30-20-13-9-18(10-14-20)28(4,5)6/h7-16,32-33H,1-6H3,(H,29,30,31). The molecule has 33 heavy (non-hydrogen) atoms. The molecule has 3 aromatic rings. The van der Waals surface area contributed by atoms with Crippen molar-refractivity contribution < 1.29 is 10.2 Å². The van der Waals surface area contributed by atoms with Gasteiger partial charge in [-0.1, -0.05) is 65.8 Å². The van der Waals surface area contributed by atoms with E-state index in [2.05, 4.69) is 71.1 Å². The van der Waals surface area contributed by atoms with E-state index in [0.717, 1.165) is 11.4 Å². The molecule has 4 rings (SSSR count). The third-order valence-electron chi connectivity index (χ3n) is 5.82. The van der Waals surface area contributed by atoms with E-state index in [0.29, 0.717) is 22.8 Å². The molecule has 1 aliphatic heterocycles. The van der Waals surface area contributed by atoms with Crippen LogP contribution in [0.3, 0.4) is 0 Å². The molecule has 0 atom stereocenters. The Labute approximate surface area is 195 Å². The van der Waals surface area contributed by atoms with Crippen molar-refractivity contribution in [3.63, 3.8) is 0 Å². The zero-order chi connectivity index (χ0) is 24.0. The second-order valence-corrected chi connectivity index (χ2v) is 10.5. The molecule has 5 nitrogen and oxygen atoms in total. The molecule has 0 radical (unpaired) electrons. The summed E-state index contributed by atoms with van der Waals surface area (Å²) in [5.41, 5.74) is 4.91. The van der Waals surface area contributed by atoms with Gasteiger partial charge >= 0.3 is 0 Å². The van der Waals surface area contributed by atoms with E-state index in [4.69, 9.17) is 9.98 Å². The van der Waals surface area contributed by atoms with E-state index in [9.17, 15) is 10.2 Å². The van der Waals surface area contributed by atoms with E-state index < -0.39 is 0 Å². The van der Waals surface area contributed by atoms with Crippen LogP contribution in [0.5, 0.6) is 11.5 Å². The second-order valence-electron chi connectivity index (χ2n) is 10.5. The molecule has 0 saturated carbocycles. The summed E-state index contributed by atoms with van der Waals surface area (Å²) in [6.45, 7) is 13.0. The van der Waals surface area contributed by atoms with E-state index in [-0.39, 0.29) is 22.3 Å². The minimum atomic E-state index is 0.0358. The van der Waals surface area contributed by atoms with Gasteiger partial charge in [0.2, 0.25) is 0 Å². The van der Waals surface area contributed by atoms with Crippen LogP contribution in [0.2, 0.25) is 0 Å². The highest BCUT2D eigenvalue weighted by molar-refractivity contribution is 6.28. The molecule has 1 heterocycles. The third-order valence-corrected chi connectivity index (χ3v) is 5.82. The largest absolute Gasteiger partial charge is 0.507 e. The Bertz CT molecular complexity index is 1140. The van der Waals surface area contributed by atoms with Crippen LogP contribution in [0, 0.1) is 0 Å². The number of hydrogen-bond acceptors (Lipinski definition) is 4. The quantitative estimate of drug-likeness (QED) is 0.400. The van der Waals surface area contributed by atoms with Crippen molar-refractivity contribution in [1.82, 2.24) is 5.32 Å². The van der Waals surface area contributed by atoms with Crippen LogP contribution < -0.4 is 5.32 Å². The highest BCUT2D eigenvalue weighted by Crippen LogP contribution is 2.35. The molecule has 0 amide bonds. The molecular weight excluding hydrogens is 410 g/mol. The summed E-state index contributed by atoms with van der Waals surface area (Å²) in [4.78, 5) is 9.43. The molecule has 0 unspecified atom stereocenters. The minimum Gasteiger partial charge on any atom is -0.507 e. The van der Waals surface area contributed by atoms with Crippen molar-refractivity contribution >= 4 is 23.0 Å². The van der Waals surface area contributed by atoms with Gasteiger partial charge in [0, 0.05) is 0 Å². The van der Waals surface area contributed by atoms with Gasteiger partial charge in [-0.25, -0.2) is 9.98 Å². The van der Waals surface area contributed by atoms with Crippen LogP contribution in [-0.2, 0) is 10.8 Å². The summed E-state index contributed by atoms with van der Waals surface area (Å²) in [6.07, 6.45) is 0. The molecule has 0 spiro atoms. The Hall–Kier alpha value is -3.60. The van der Waals surface area contributed by atoms with Gasteiger partial charge < -0.3 is 15.5 Å². The van der Waals surface area contributed by atoms with Crippen LogP contribution in [0.1, 0.15) is 63.8 Å². The first-order chi connectivity index (χ1) is 15.4. The van der Waals surface area contributed by atoms with Crippen LogP contribution in [0.25, 0.3) is 0 Å². The van der Waals surface area contributed by atoms with Crippen molar-refractivity contribution in [1.29, 1.82) is 0 Å². The molecule has 0 fully saturated rings. The number of benzene rings is 3. The average molecular weight is 442 g/mol. The van der Waals surface area contributed by atoms with Crippen LogP contribution in [0.4, 0.5) is 11.4 Å². The number of nitrogens with one attached hydrogen (secondary N) is 1. The van der Waals surface area contributed by atoms with Gasteiger partial charge in [0.1, 0.15) is 23.2 Å². The number of nitrogens with zero attached hydrogens (tertiary/aromatic N) is 2. The van der Waals surface area contributed by atoms with E-state index in [1.54, 1.807) is 0 Å². The average Bonchev–Trinajstić information content (AvgIpc) is 3.09. The number of hydrogen-bond donors (Lipinski definition) is 3. The zero-order valence-corrected chi connectivity index (χ0v) is 20.1. The molecule has 3 aromatic carbocycles. The van der Waals surface area contributed by atoms with Crippen LogP contribution in [0.15, 0.2) is 70.6 Å². The van der Waals surface area contributed by atoms with Gasteiger partial charge in [0.15, 0.2) is 0 Å². The summed E-state index contributed by atoms with van der Waals surface area (Å²) in [7, 11) is 0. The molecular formula is C28H31N3O2. The van der Waals surface area contributed by atoms with Gasteiger partial charge in [0.25, 0.3) is 0 Å². The summed E-state index contributed by atoms with van der Waals surface area (Å²) >= 11 is 0. The molecule has 5 heteroatoms. The number of aromatic hydroxyl groups is 2. The summed E-state index contributed by atoms with van der Waals surface area (Å²) < 4.78 is 0. The number of phenols is 2. The Morgan fingerprint density at radius 2 is 0.879 bits per heavy atom. The van der Waals surface area contributed by atoms with Crippen molar-refractivity contribution in [3.05, 3.63) is 82.9 Å². The number of rotatable bonds is 2. The predicted octanol–water partition coefficient (Wildman–Crippen LogP) is 6.45. The van der Waals surface area contributed by atoms with Crippen molar-refractivity contribution in [2.75, 3.05) is 0 Å². The van der Waals surface area contributed by atoms with Gasteiger partial charge in [-0.2, -0.15) is 0 Å². The first-order valence-electron chi connectivity index (χ1n) is 11.1. The Balaban J connectivity index is 1.75. The second kappa shape index (κ2) is 8.07. The topological polar surface area (TPSA) is 77.2 Å². The number of phenolic OH excluding ortho intramolecular Hbond substituents is 2. The zero-order valence-electron chi connectivity index (χ0n) is 20.1. The maximum absolute atomic E-state index is 10.6. The first kappa shape index (κ1) is 22.6. The molecule has 0 bridgehead atoms. The normalized spacial score (nSPS) is 16.2.